The average molecular weight is 298 g/mol. The first-order valence-corrected chi connectivity index (χ1v) is 6.65. The molecule has 1 unspecified atom stereocenters. The minimum Gasteiger partial charge on any atom is -0.463 e. The SMILES string of the molecule is C=C(C)C(=O)OCC(OC(=O)C(=C)C)C(=O)OCCCC. The Labute approximate surface area is 124 Å². The molecule has 6 nitrogen and oxygen atoms in total. The predicted octanol–water partition coefficient (Wildman–Crippen LogP) is 1.94. The van der Waals surface area contributed by atoms with Gasteiger partial charge in [-0.3, -0.25) is 0 Å². The van der Waals surface area contributed by atoms with Crippen molar-refractivity contribution in [2.24, 2.45) is 0 Å². The number of ether oxygens (including phenoxy) is 3. The molecule has 0 saturated carbocycles. The quantitative estimate of drug-likeness (QED) is 0.280. The van der Waals surface area contributed by atoms with Crippen LogP contribution < -0.4 is 0 Å². The molecular formula is C15H22O6. The normalized spacial score (nSPS) is 11.2. The highest BCUT2D eigenvalue weighted by Gasteiger charge is 2.26. The summed E-state index contributed by atoms with van der Waals surface area (Å²) in [4.78, 5) is 34.6. The van der Waals surface area contributed by atoms with Gasteiger partial charge in [-0.15, -0.1) is 0 Å². The van der Waals surface area contributed by atoms with Gasteiger partial charge in [-0.1, -0.05) is 26.5 Å². The summed E-state index contributed by atoms with van der Waals surface area (Å²) in [5, 5.41) is 0. The molecule has 0 bridgehead atoms. The lowest BCUT2D eigenvalue weighted by molar-refractivity contribution is -0.171. The summed E-state index contributed by atoms with van der Waals surface area (Å²) in [6.45, 7) is 11.5. The maximum absolute atomic E-state index is 11.8. The number of hydrogen-bond acceptors (Lipinski definition) is 6. The molecule has 0 fully saturated rings. The molecular weight excluding hydrogens is 276 g/mol. The standard InChI is InChI=1S/C15H22O6/c1-6-7-8-19-15(18)12(21-14(17)11(4)5)9-20-13(16)10(2)3/h12H,2,4,6-9H2,1,3,5H3. The van der Waals surface area contributed by atoms with E-state index in [0.29, 0.717) is 6.42 Å². The third kappa shape index (κ3) is 7.91. The zero-order valence-electron chi connectivity index (χ0n) is 12.8. The van der Waals surface area contributed by atoms with E-state index in [9.17, 15) is 14.4 Å². The highest BCUT2D eigenvalue weighted by molar-refractivity contribution is 5.90. The predicted molar refractivity (Wildman–Crippen MR) is 76.3 cm³/mol. The maximum Gasteiger partial charge on any atom is 0.351 e. The van der Waals surface area contributed by atoms with Crippen LogP contribution in [-0.4, -0.2) is 37.2 Å². The van der Waals surface area contributed by atoms with Crippen molar-refractivity contribution in [1.29, 1.82) is 0 Å². The topological polar surface area (TPSA) is 78.9 Å². The molecule has 0 aliphatic heterocycles. The largest absolute Gasteiger partial charge is 0.463 e. The number of rotatable bonds is 9. The van der Waals surface area contributed by atoms with E-state index in [1.807, 2.05) is 6.92 Å². The molecule has 21 heavy (non-hydrogen) atoms. The van der Waals surface area contributed by atoms with Crippen molar-refractivity contribution in [1.82, 2.24) is 0 Å². The van der Waals surface area contributed by atoms with Crippen molar-refractivity contribution in [2.45, 2.75) is 39.7 Å². The second kappa shape index (κ2) is 9.74. The Bertz CT molecular complexity index is 424. The van der Waals surface area contributed by atoms with Crippen LogP contribution in [0.4, 0.5) is 0 Å². The molecule has 1 atom stereocenters. The van der Waals surface area contributed by atoms with Gasteiger partial charge in [0.15, 0.2) is 0 Å². The Morgan fingerprint density at radius 1 is 1.00 bits per heavy atom. The number of carbonyl (C=O) groups is 3. The molecule has 0 aromatic heterocycles. The van der Waals surface area contributed by atoms with Crippen molar-refractivity contribution in [3.05, 3.63) is 24.3 Å². The molecule has 0 aromatic rings. The van der Waals surface area contributed by atoms with Crippen LogP contribution in [0.5, 0.6) is 0 Å². The van der Waals surface area contributed by atoms with E-state index in [0.717, 1.165) is 6.42 Å². The van der Waals surface area contributed by atoms with Gasteiger partial charge in [0.25, 0.3) is 0 Å². The third-order valence-corrected chi connectivity index (χ3v) is 2.32. The molecule has 0 aromatic carbocycles. The van der Waals surface area contributed by atoms with Gasteiger partial charge < -0.3 is 14.2 Å². The second-order valence-corrected chi connectivity index (χ2v) is 4.57. The molecule has 0 spiro atoms. The first-order chi connectivity index (χ1) is 9.79. The van der Waals surface area contributed by atoms with Crippen LogP contribution in [0.25, 0.3) is 0 Å². The van der Waals surface area contributed by atoms with Crippen molar-refractivity contribution >= 4 is 17.9 Å². The summed E-state index contributed by atoms with van der Waals surface area (Å²) >= 11 is 0. The van der Waals surface area contributed by atoms with E-state index in [2.05, 4.69) is 13.2 Å². The van der Waals surface area contributed by atoms with Crippen LogP contribution in [0.1, 0.15) is 33.6 Å². The highest BCUT2D eigenvalue weighted by Crippen LogP contribution is 2.05. The lowest BCUT2D eigenvalue weighted by atomic mass is 10.3. The van der Waals surface area contributed by atoms with Crippen LogP contribution in [0.3, 0.4) is 0 Å². The van der Waals surface area contributed by atoms with Crippen molar-refractivity contribution in [2.75, 3.05) is 13.2 Å². The van der Waals surface area contributed by atoms with Crippen molar-refractivity contribution in [3.8, 4) is 0 Å². The third-order valence-electron chi connectivity index (χ3n) is 2.32. The van der Waals surface area contributed by atoms with Gasteiger partial charge in [-0.05, 0) is 20.3 Å². The maximum atomic E-state index is 11.8. The van der Waals surface area contributed by atoms with Crippen LogP contribution in [-0.2, 0) is 28.6 Å². The minimum atomic E-state index is -1.31. The number of hydrogen-bond donors (Lipinski definition) is 0. The molecule has 0 aliphatic carbocycles. The van der Waals surface area contributed by atoms with Crippen LogP contribution in [0.15, 0.2) is 24.3 Å². The Morgan fingerprint density at radius 3 is 2.05 bits per heavy atom. The summed E-state index contributed by atoms with van der Waals surface area (Å²) in [6, 6.07) is 0. The summed E-state index contributed by atoms with van der Waals surface area (Å²) in [5.41, 5.74) is 0.312. The Balaban J connectivity index is 4.63. The zero-order valence-corrected chi connectivity index (χ0v) is 12.8. The number of esters is 3. The average Bonchev–Trinajstić information content (AvgIpc) is 2.42. The summed E-state index contributed by atoms with van der Waals surface area (Å²) in [5.74, 6) is -2.18. The van der Waals surface area contributed by atoms with Crippen LogP contribution >= 0.6 is 0 Å². The number of carbonyl (C=O) groups excluding carboxylic acids is 3. The van der Waals surface area contributed by atoms with E-state index in [1.165, 1.54) is 13.8 Å². The molecule has 118 valence electrons. The molecule has 0 heterocycles. The smallest absolute Gasteiger partial charge is 0.351 e. The van der Waals surface area contributed by atoms with E-state index < -0.39 is 30.6 Å². The molecule has 0 saturated heterocycles. The Morgan fingerprint density at radius 2 is 1.57 bits per heavy atom. The summed E-state index contributed by atoms with van der Waals surface area (Å²) in [7, 11) is 0. The summed E-state index contributed by atoms with van der Waals surface area (Å²) in [6.07, 6.45) is 0.237. The lowest BCUT2D eigenvalue weighted by Gasteiger charge is -2.17. The fourth-order valence-electron chi connectivity index (χ4n) is 1.06. The fourth-order valence-corrected chi connectivity index (χ4v) is 1.06. The molecule has 0 aliphatic rings. The highest BCUT2D eigenvalue weighted by atomic mass is 16.6. The van der Waals surface area contributed by atoms with E-state index >= 15 is 0 Å². The first-order valence-electron chi connectivity index (χ1n) is 6.65. The van der Waals surface area contributed by atoms with Gasteiger partial charge in [-0.2, -0.15) is 0 Å². The second-order valence-electron chi connectivity index (χ2n) is 4.57. The summed E-state index contributed by atoms with van der Waals surface area (Å²) < 4.78 is 14.7. The monoisotopic (exact) mass is 298 g/mol. The molecule has 0 N–H and O–H groups in total. The minimum absolute atomic E-state index is 0.132. The van der Waals surface area contributed by atoms with Gasteiger partial charge in [0.05, 0.1) is 6.61 Å². The van der Waals surface area contributed by atoms with E-state index in [-0.39, 0.29) is 17.8 Å². The molecule has 0 rings (SSSR count). The Hall–Kier alpha value is -2.11. The van der Waals surface area contributed by atoms with E-state index in [4.69, 9.17) is 14.2 Å². The first kappa shape index (κ1) is 18.9. The Kier molecular flexibility index (Phi) is 8.76. The van der Waals surface area contributed by atoms with Gasteiger partial charge in [0, 0.05) is 11.1 Å². The van der Waals surface area contributed by atoms with Crippen molar-refractivity contribution < 1.29 is 28.6 Å². The van der Waals surface area contributed by atoms with Gasteiger partial charge in [-0.25, -0.2) is 14.4 Å². The van der Waals surface area contributed by atoms with Crippen LogP contribution in [0.2, 0.25) is 0 Å². The fraction of sp³-hybridized carbons (Fsp3) is 0.533. The van der Waals surface area contributed by atoms with Gasteiger partial charge in [0.1, 0.15) is 6.61 Å². The molecule has 0 radical (unpaired) electrons. The molecule has 0 amide bonds. The van der Waals surface area contributed by atoms with Gasteiger partial charge in [0.2, 0.25) is 6.10 Å². The van der Waals surface area contributed by atoms with Gasteiger partial charge >= 0.3 is 17.9 Å². The zero-order chi connectivity index (χ0) is 16.4. The lowest BCUT2D eigenvalue weighted by Crippen LogP contribution is -2.34. The van der Waals surface area contributed by atoms with E-state index in [1.54, 1.807) is 0 Å². The van der Waals surface area contributed by atoms with Crippen LogP contribution in [0, 0.1) is 0 Å². The number of unbranched alkanes of at least 4 members (excludes halogenated alkanes) is 1. The van der Waals surface area contributed by atoms with Crippen molar-refractivity contribution in [3.63, 3.8) is 0 Å². The molecule has 6 heteroatoms.